The Morgan fingerprint density at radius 1 is 0.588 bits per heavy atom. The van der Waals surface area contributed by atoms with Crippen molar-refractivity contribution in [1.82, 2.24) is 0 Å². The van der Waals surface area contributed by atoms with Crippen molar-refractivity contribution < 1.29 is 4.74 Å². The van der Waals surface area contributed by atoms with Crippen LogP contribution in [0.2, 0.25) is 0 Å². The number of aryl methyl sites for hydroxylation is 3. The van der Waals surface area contributed by atoms with Gasteiger partial charge in [0.2, 0.25) is 0 Å². The maximum atomic E-state index is 4.97. The summed E-state index contributed by atoms with van der Waals surface area (Å²) in [4.78, 5) is 0. The lowest BCUT2D eigenvalue weighted by Gasteiger charge is -1.97. The Bertz CT molecular complexity index is 405. The number of ether oxygens (including phenoxy) is 1. The Morgan fingerprint density at radius 3 is 1.18 bits per heavy atom. The number of benzene rings is 2. The Labute approximate surface area is 104 Å². The van der Waals surface area contributed by atoms with E-state index in [2.05, 4.69) is 45.0 Å². The predicted octanol–water partition coefficient (Wildman–Crippen LogP) is 4.31. The lowest BCUT2D eigenvalue weighted by Crippen LogP contribution is -1.80. The average Bonchev–Trinajstić information content (AvgIpc) is 2.35. The van der Waals surface area contributed by atoms with Gasteiger partial charge in [0.15, 0.2) is 0 Å². The van der Waals surface area contributed by atoms with Crippen LogP contribution < -0.4 is 4.74 Å². The molecule has 2 aromatic rings. The Balaban J connectivity index is 0.000000171. The second kappa shape index (κ2) is 6.74. The molecule has 0 aliphatic heterocycles. The molecule has 90 valence electrons. The maximum Gasteiger partial charge on any atom is 0.118 e. The highest BCUT2D eigenvalue weighted by molar-refractivity contribution is 5.25. The van der Waals surface area contributed by atoms with Gasteiger partial charge in [-0.1, -0.05) is 53.1 Å². The van der Waals surface area contributed by atoms with Gasteiger partial charge >= 0.3 is 0 Å². The van der Waals surface area contributed by atoms with Crippen LogP contribution in [0.15, 0.2) is 48.5 Å². The number of hydrogen-bond acceptors (Lipinski definition) is 1. The highest BCUT2D eigenvalue weighted by Crippen LogP contribution is 2.09. The molecule has 1 heteroatoms. The molecule has 0 amide bonds. The number of rotatable bonds is 1. The first-order chi connectivity index (χ1) is 8.11. The summed E-state index contributed by atoms with van der Waals surface area (Å²) >= 11 is 0. The van der Waals surface area contributed by atoms with E-state index in [0.717, 1.165) is 5.75 Å². The second-order valence-corrected chi connectivity index (χ2v) is 4.17. The SMILES string of the molecule is COc1ccc(C)cc1.Cc1ccc(C)cc1. The summed E-state index contributed by atoms with van der Waals surface area (Å²) in [6, 6.07) is 16.4. The van der Waals surface area contributed by atoms with Crippen molar-refractivity contribution in [2.45, 2.75) is 20.8 Å². The van der Waals surface area contributed by atoms with Gasteiger partial charge in [0.25, 0.3) is 0 Å². The fraction of sp³-hybridized carbons (Fsp3) is 0.250. The largest absolute Gasteiger partial charge is 0.497 e. The van der Waals surface area contributed by atoms with Crippen molar-refractivity contribution in [3.8, 4) is 5.75 Å². The molecule has 0 radical (unpaired) electrons. The van der Waals surface area contributed by atoms with Gasteiger partial charge < -0.3 is 4.74 Å². The molecule has 0 heterocycles. The molecule has 1 nitrogen and oxygen atoms in total. The van der Waals surface area contributed by atoms with Crippen LogP contribution in [0, 0.1) is 20.8 Å². The summed E-state index contributed by atoms with van der Waals surface area (Å²) in [5.74, 6) is 0.917. The molecule has 0 aliphatic rings. The van der Waals surface area contributed by atoms with Gasteiger partial charge in [0.1, 0.15) is 5.75 Å². The summed E-state index contributed by atoms with van der Waals surface area (Å²) in [6.07, 6.45) is 0. The quantitative estimate of drug-likeness (QED) is 0.706. The maximum absolute atomic E-state index is 4.97. The first kappa shape index (κ1) is 13.3. The normalized spacial score (nSPS) is 9.18. The van der Waals surface area contributed by atoms with Crippen molar-refractivity contribution >= 4 is 0 Å². The first-order valence-corrected chi connectivity index (χ1v) is 5.76. The molecular formula is C16H20O. The molecule has 0 spiro atoms. The van der Waals surface area contributed by atoms with Gasteiger partial charge in [0, 0.05) is 0 Å². The monoisotopic (exact) mass is 228 g/mol. The van der Waals surface area contributed by atoms with Crippen LogP contribution in [0.25, 0.3) is 0 Å². The van der Waals surface area contributed by atoms with E-state index in [4.69, 9.17) is 4.74 Å². The average molecular weight is 228 g/mol. The van der Waals surface area contributed by atoms with Gasteiger partial charge in [-0.15, -0.1) is 0 Å². The molecule has 2 aromatic carbocycles. The molecule has 0 fully saturated rings. The third kappa shape index (κ3) is 5.21. The van der Waals surface area contributed by atoms with E-state index in [1.807, 2.05) is 24.3 Å². The van der Waals surface area contributed by atoms with E-state index in [9.17, 15) is 0 Å². The molecule has 0 bridgehead atoms. The minimum Gasteiger partial charge on any atom is -0.497 e. The summed E-state index contributed by atoms with van der Waals surface area (Å²) in [7, 11) is 1.67. The van der Waals surface area contributed by atoms with Crippen LogP contribution in [0.3, 0.4) is 0 Å². The van der Waals surface area contributed by atoms with Crippen LogP contribution in [0.5, 0.6) is 5.75 Å². The summed E-state index contributed by atoms with van der Waals surface area (Å²) in [5.41, 5.74) is 3.92. The molecule has 0 aromatic heterocycles. The summed E-state index contributed by atoms with van der Waals surface area (Å²) in [5, 5.41) is 0. The van der Waals surface area contributed by atoms with Gasteiger partial charge in [-0.3, -0.25) is 0 Å². The van der Waals surface area contributed by atoms with E-state index in [1.54, 1.807) is 7.11 Å². The van der Waals surface area contributed by atoms with Gasteiger partial charge in [-0.2, -0.15) is 0 Å². The summed E-state index contributed by atoms with van der Waals surface area (Å²) < 4.78 is 4.97. The van der Waals surface area contributed by atoms with Crippen LogP contribution >= 0.6 is 0 Å². The van der Waals surface area contributed by atoms with E-state index in [-0.39, 0.29) is 0 Å². The van der Waals surface area contributed by atoms with Gasteiger partial charge in [-0.25, -0.2) is 0 Å². The van der Waals surface area contributed by atoms with E-state index >= 15 is 0 Å². The number of hydrogen-bond donors (Lipinski definition) is 0. The molecule has 0 aliphatic carbocycles. The zero-order valence-electron chi connectivity index (χ0n) is 11.0. The van der Waals surface area contributed by atoms with Crippen LogP contribution in [-0.4, -0.2) is 7.11 Å². The highest BCUT2D eigenvalue weighted by atomic mass is 16.5. The Hall–Kier alpha value is -1.76. The van der Waals surface area contributed by atoms with Crippen LogP contribution in [0.4, 0.5) is 0 Å². The van der Waals surface area contributed by atoms with E-state index < -0.39 is 0 Å². The molecule has 0 saturated heterocycles. The third-order valence-corrected chi connectivity index (χ3v) is 2.47. The predicted molar refractivity (Wildman–Crippen MR) is 73.6 cm³/mol. The fourth-order valence-electron chi connectivity index (χ4n) is 1.31. The zero-order chi connectivity index (χ0) is 12.7. The Kier molecular flexibility index (Phi) is 5.28. The molecule has 2 rings (SSSR count). The molecule has 17 heavy (non-hydrogen) atoms. The fourth-order valence-corrected chi connectivity index (χ4v) is 1.31. The summed E-state index contributed by atoms with van der Waals surface area (Å²) in [6.45, 7) is 6.25. The van der Waals surface area contributed by atoms with Crippen LogP contribution in [0.1, 0.15) is 16.7 Å². The Morgan fingerprint density at radius 2 is 0.882 bits per heavy atom. The standard InChI is InChI=1S/C8H10O.C8H10/c1-7-3-5-8(9-2)6-4-7;1-7-3-5-8(2)6-4-7/h3-6H,1-2H3;3-6H,1-2H3. The van der Waals surface area contributed by atoms with Gasteiger partial charge in [-0.05, 0) is 32.9 Å². The molecule has 0 N–H and O–H groups in total. The topological polar surface area (TPSA) is 9.23 Å². The highest BCUT2D eigenvalue weighted by Gasteiger charge is 1.85. The zero-order valence-corrected chi connectivity index (χ0v) is 11.0. The third-order valence-electron chi connectivity index (χ3n) is 2.47. The molecule has 0 atom stereocenters. The van der Waals surface area contributed by atoms with Crippen molar-refractivity contribution in [3.05, 3.63) is 65.2 Å². The van der Waals surface area contributed by atoms with Crippen molar-refractivity contribution in [1.29, 1.82) is 0 Å². The lowest BCUT2D eigenvalue weighted by molar-refractivity contribution is 0.414. The van der Waals surface area contributed by atoms with Crippen molar-refractivity contribution in [2.24, 2.45) is 0 Å². The first-order valence-electron chi connectivity index (χ1n) is 5.76. The van der Waals surface area contributed by atoms with Crippen LogP contribution in [-0.2, 0) is 0 Å². The minimum absolute atomic E-state index is 0.917. The lowest BCUT2D eigenvalue weighted by atomic mass is 10.2. The second-order valence-electron chi connectivity index (χ2n) is 4.17. The minimum atomic E-state index is 0.917. The smallest absolute Gasteiger partial charge is 0.118 e. The van der Waals surface area contributed by atoms with E-state index in [1.165, 1.54) is 16.7 Å². The van der Waals surface area contributed by atoms with Crippen molar-refractivity contribution in [3.63, 3.8) is 0 Å². The molecular weight excluding hydrogens is 208 g/mol. The number of methoxy groups -OCH3 is 1. The molecule has 0 saturated carbocycles. The van der Waals surface area contributed by atoms with E-state index in [0.29, 0.717) is 0 Å². The van der Waals surface area contributed by atoms with Gasteiger partial charge in [0.05, 0.1) is 7.11 Å². The molecule has 0 unspecified atom stereocenters. The van der Waals surface area contributed by atoms with Crippen molar-refractivity contribution in [2.75, 3.05) is 7.11 Å².